The third kappa shape index (κ3) is 3.79. The van der Waals surface area contributed by atoms with Gasteiger partial charge in [-0.05, 0) is 50.3 Å². The van der Waals surface area contributed by atoms with E-state index in [1.54, 1.807) is 7.11 Å². The van der Waals surface area contributed by atoms with Gasteiger partial charge in [-0.15, -0.1) is 0 Å². The highest BCUT2D eigenvalue weighted by molar-refractivity contribution is 5.30. The summed E-state index contributed by atoms with van der Waals surface area (Å²) in [7, 11) is 1.67. The first kappa shape index (κ1) is 15.7. The number of ether oxygens (including phenoxy) is 1. The van der Waals surface area contributed by atoms with Crippen LogP contribution in [0.1, 0.15) is 48.9 Å². The zero-order chi connectivity index (χ0) is 16.4. The van der Waals surface area contributed by atoms with E-state index < -0.39 is 0 Å². The Balaban J connectivity index is 1.80. The highest BCUT2D eigenvalue weighted by Gasteiger charge is 2.33. The van der Waals surface area contributed by atoms with Gasteiger partial charge in [0.25, 0.3) is 5.56 Å². The molecule has 0 aliphatic heterocycles. The van der Waals surface area contributed by atoms with Crippen molar-refractivity contribution in [1.29, 1.82) is 0 Å². The molecule has 0 bridgehead atoms. The van der Waals surface area contributed by atoms with E-state index in [0.29, 0.717) is 11.7 Å². The zero-order valence-corrected chi connectivity index (χ0v) is 13.8. The van der Waals surface area contributed by atoms with Gasteiger partial charge in [-0.2, -0.15) is 0 Å². The Labute approximate surface area is 136 Å². The van der Waals surface area contributed by atoms with Crippen LogP contribution in [0.2, 0.25) is 0 Å². The molecule has 5 nitrogen and oxygen atoms in total. The number of aromatic amines is 1. The second-order valence-corrected chi connectivity index (χ2v) is 6.25. The summed E-state index contributed by atoms with van der Waals surface area (Å²) in [5, 5.41) is 3.63. The molecule has 122 valence electrons. The minimum absolute atomic E-state index is 0.0182. The van der Waals surface area contributed by atoms with E-state index in [4.69, 9.17) is 4.74 Å². The summed E-state index contributed by atoms with van der Waals surface area (Å²) in [6, 6.07) is 9.95. The molecule has 1 aliphatic carbocycles. The van der Waals surface area contributed by atoms with Crippen LogP contribution in [0.4, 0.5) is 0 Å². The minimum Gasteiger partial charge on any atom is -0.497 e. The van der Waals surface area contributed by atoms with E-state index in [0.717, 1.165) is 11.4 Å². The van der Waals surface area contributed by atoms with Crippen LogP contribution in [-0.2, 0) is 0 Å². The van der Waals surface area contributed by atoms with Crippen LogP contribution in [0.5, 0.6) is 5.75 Å². The Kier molecular flexibility index (Phi) is 4.48. The molecule has 1 saturated carbocycles. The van der Waals surface area contributed by atoms with Crippen LogP contribution in [-0.4, -0.2) is 17.1 Å². The van der Waals surface area contributed by atoms with Crippen molar-refractivity contribution in [2.75, 3.05) is 7.11 Å². The molecule has 1 aliphatic rings. The molecule has 0 radical (unpaired) electrons. The van der Waals surface area contributed by atoms with E-state index in [-0.39, 0.29) is 17.6 Å². The van der Waals surface area contributed by atoms with Crippen molar-refractivity contribution < 1.29 is 4.74 Å². The largest absolute Gasteiger partial charge is 0.497 e. The lowest BCUT2D eigenvalue weighted by molar-refractivity contribution is 0.407. The van der Waals surface area contributed by atoms with Gasteiger partial charge in [0.15, 0.2) is 0 Å². The normalized spacial score (nSPS) is 16.8. The average Bonchev–Trinajstić information content (AvgIpc) is 3.36. The van der Waals surface area contributed by atoms with Gasteiger partial charge in [-0.1, -0.05) is 12.1 Å². The van der Waals surface area contributed by atoms with Gasteiger partial charge in [0, 0.05) is 17.8 Å². The van der Waals surface area contributed by atoms with Gasteiger partial charge >= 0.3 is 0 Å². The number of methoxy groups -OCH3 is 1. The Morgan fingerprint density at radius 2 is 2.00 bits per heavy atom. The molecule has 0 amide bonds. The summed E-state index contributed by atoms with van der Waals surface area (Å²) in [5.74, 6) is 2.19. The molecule has 2 atom stereocenters. The third-order valence-corrected chi connectivity index (χ3v) is 4.30. The van der Waals surface area contributed by atoms with Crippen LogP contribution in [0.3, 0.4) is 0 Å². The van der Waals surface area contributed by atoms with Crippen molar-refractivity contribution in [3.05, 3.63) is 57.8 Å². The third-order valence-electron chi connectivity index (χ3n) is 4.30. The molecule has 0 saturated heterocycles. The van der Waals surface area contributed by atoms with E-state index in [1.807, 2.05) is 26.0 Å². The molecule has 1 aromatic heterocycles. The molecule has 0 unspecified atom stereocenters. The van der Waals surface area contributed by atoms with Crippen LogP contribution in [0.15, 0.2) is 35.1 Å². The van der Waals surface area contributed by atoms with Gasteiger partial charge in [-0.3, -0.25) is 4.79 Å². The summed E-state index contributed by atoms with van der Waals surface area (Å²) < 4.78 is 5.23. The maximum atomic E-state index is 11.7. The maximum absolute atomic E-state index is 11.7. The number of nitrogens with one attached hydrogen (secondary N) is 2. The summed E-state index contributed by atoms with van der Waals surface area (Å²) in [6.45, 7) is 3.88. The molecule has 1 heterocycles. The fourth-order valence-electron chi connectivity index (χ4n) is 2.90. The number of hydrogen-bond acceptors (Lipinski definition) is 4. The standard InChI is InChI=1S/C18H23N3O2/c1-11-10-16(22)21-18(19-11)12(2)20-17(13-4-5-13)14-6-8-15(23-3)9-7-14/h6-10,12-13,17,20H,4-5H2,1-3H3,(H,19,21,22)/t12-,17-/m0/s1. The predicted octanol–water partition coefficient (Wildman–Crippen LogP) is 2.89. The number of aryl methyl sites for hydroxylation is 1. The predicted molar refractivity (Wildman–Crippen MR) is 89.6 cm³/mol. The molecule has 2 aromatic rings. The highest BCUT2D eigenvalue weighted by atomic mass is 16.5. The second-order valence-electron chi connectivity index (χ2n) is 6.25. The summed E-state index contributed by atoms with van der Waals surface area (Å²) in [6.07, 6.45) is 2.46. The van der Waals surface area contributed by atoms with Gasteiger partial charge in [-0.25, -0.2) is 4.98 Å². The van der Waals surface area contributed by atoms with Gasteiger partial charge in [0.2, 0.25) is 0 Å². The molecule has 3 rings (SSSR count). The highest BCUT2D eigenvalue weighted by Crippen LogP contribution is 2.42. The lowest BCUT2D eigenvalue weighted by Crippen LogP contribution is -2.29. The molecular formula is C18H23N3O2. The maximum Gasteiger partial charge on any atom is 0.251 e. The van der Waals surface area contributed by atoms with E-state index >= 15 is 0 Å². The minimum atomic E-state index is -0.103. The summed E-state index contributed by atoms with van der Waals surface area (Å²) >= 11 is 0. The molecule has 5 heteroatoms. The van der Waals surface area contributed by atoms with Crippen molar-refractivity contribution in [2.45, 2.75) is 38.8 Å². The van der Waals surface area contributed by atoms with Crippen LogP contribution < -0.4 is 15.6 Å². The monoisotopic (exact) mass is 313 g/mol. The Bertz CT molecular complexity index is 720. The topological polar surface area (TPSA) is 67.0 Å². The van der Waals surface area contributed by atoms with Gasteiger partial charge < -0.3 is 15.0 Å². The number of benzene rings is 1. The van der Waals surface area contributed by atoms with Crippen molar-refractivity contribution >= 4 is 0 Å². The number of hydrogen-bond donors (Lipinski definition) is 2. The average molecular weight is 313 g/mol. The first-order chi connectivity index (χ1) is 11.1. The van der Waals surface area contributed by atoms with Crippen molar-refractivity contribution in [1.82, 2.24) is 15.3 Å². The summed E-state index contributed by atoms with van der Waals surface area (Å²) in [5.41, 5.74) is 1.88. The zero-order valence-electron chi connectivity index (χ0n) is 13.8. The molecule has 1 fully saturated rings. The van der Waals surface area contributed by atoms with Gasteiger partial charge in [0.05, 0.1) is 13.2 Å². The van der Waals surface area contributed by atoms with E-state index in [9.17, 15) is 4.79 Å². The first-order valence-corrected chi connectivity index (χ1v) is 8.04. The van der Waals surface area contributed by atoms with Crippen LogP contribution in [0, 0.1) is 12.8 Å². The number of aromatic nitrogens is 2. The smallest absolute Gasteiger partial charge is 0.251 e. The first-order valence-electron chi connectivity index (χ1n) is 8.04. The van der Waals surface area contributed by atoms with E-state index in [1.165, 1.54) is 24.5 Å². The fraction of sp³-hybridized carbons (Fsp3) is 0.444. The fourth-order valence-corrected chi connectivity index (χ4v) is 2.90. The van der Waals surface area contributed by atoms with Crippen molar-refractivity contribution in [3.8, 4) is 5.75 Å². The lowest BCUT2D eigenvalue weighted by Gasteiger charge is -2.23. The van der Waals surface area contributed by atoms with Gasteiger partial charge in [0.1, 0.15) is 11.6 Å². The Hall–Kier alpha value is -2.14. The Morgan fingerprint density at radius 1 is 1.30 bits per heavy atom. The number of H-pyrrole nitrogens is 1. The van der Waals surface area contributed by atoms with Crippen LogP contribution in [0.25, 0.3) is 0 Å². The van der Waals surface area contributed by atoms with E-state index in [2.05, 4.69) is 27.4 Å². The van der Waals surface area contributed by atoms with Crippen molar-refractivity contribution in [3.63, 3.8) is 0 Å². The molecular weight excluding hydrogens is 290 g/mol. The molecule has 23 heavy (non-hydrogen) atoms. The Morgan fingerprint density at radius 3 is 2.57 bits per heavy atom. The second kappa shape index (κ2) is 6.54. The van der Waals surface area contributed by atoms with Crippen molar-refractivity contribution in [2.24, 2.45) is 5.92 Å². The number of rotatable bonds is 6. The quantitative estimate of drug-likeness (QED) is 0.860. The SMILES string of the molecule is COc1ccc([C@@H](N[C@@H](C)c2nc(C)cc(=O)[nH]2)C2CC2)cc1. The molecule has 0 spiro atoms. The lowest BCUT2D eigenvalue weighted by atomic mass is 10.0. The molecule has 1 aromatic carbocycles. The molecule has 2 N–H and O–H groups in total. The summed E-state index contributed by atoms with van der Waals surface area (Å²) in [4.78, 5) is 18.9. The number of nitrogens with zero attached hydrogens (tertiary/aromatic N) is 1. The van der Waals surface area contributed by atoms with Crippen LogP contribution >= 0.6 is 0 Å².